The number of aromatic hydroxyl groups is 1. The van der Waals surface area contributed by atoms with E-state index in [9.17, 15) is 9.90 Å². The summed E-state index contributed by atoms with van der Waals surface area (Å²) in [6.07, 6.45) is 1.65. The number of hydrogen-bond donors (Lipinski definition) is 3. The van der Waals surface area contributed by atoms with Gasteiger partial charge in [0.05, 0.1) is 6.04 Å². The van der Waals surface area contributed by atoms with Gasteiger partial charge in [0.2, 0.25) is 0 Å². The number of anilines is 1. The molecule has 3 aromatic rings. The van der Waals surface area contributed by atoms with Gasteiger partial charge in [-0.25, -0.2) is 4.79 Å². The molecular formula is C28H33N3O2. The third-order valence-electron chi connectivity index (χ3n) is 5.58. The van der Waals surface area contributed by atoms with Crippen molar-refractivity contribution in [3.05, 3.63) is 95.1 Å². The number of nitrogens with zero attached hydrogens (tertiary/aromatic N) is 1. The summed E-state index contributed by atoms with van der Waals surface area (Å²) in [5, 5.41) is 16.1. The number of urea groups is 1. The van der Waals surface area contributed by atoms with E-state index in [1.165, 1.54) is 0 Å². The minimum absolute atomic E-state index is 0.172. The van der Waals surface area contributed by atoms with Crippen LogP contribution in [0.15, 0.2) is 77.8 Å². The number of nitrogens with one attached hydrogen (secondary N) is 2. The quantitative estimate of drug-likeness (QED) is 0.342. The number of benzene rings is 3. The summed E-state index contributed by atoms with van der Waals surface area (Å²) >= 11 is 0. The first-order valence-corrected chi connectivity index (χ1v) is 11.4. The Morgan fingerprint density at radius 1 is 0.879 bits per heavy atom. The highest BCUT2D eigenvalue weighted by atomic mass is 16.3. The molecule has 5 heteroatoms. The average Bonchev–Trinajstić information content (AvgIpc) is 2.80. The second-order valence-electron chi connectivity index (χ2n) is 8.72. The number of hydrogen-bond acceptors (Lipinski definition) is 3. The van der Waals surface area contributed by atoms with Crippen molar-refractivity contribution >= 4 is 17.9 Å². The molecule has 0 radical (unpaired) electrons. The molecule has 3 aromatic carbocycles. The van der Waals surface area contributed by atoms with Crippen LogP contribution in [0.2, 0.25) is 0 Å². The van der Waals surface area contributed by atoms with Crippen LogP contribution in [-0.2, 0) is 0 Å². The minimum Gasteiger partial charge on any atom is -0.507 e. The standard InChI is InChI=1S/C28H33N3O2/c1-19(2)23-14-10-15-24(20(3)4)27(23)31-28(33)30-18-25(21-11-6-5-7-12-21)29-17-22-13-8-9-16-26(22)32/h5-17,19-20,25,32H,18H2,1-4H3,(H2,30,31,33)/t25-/m0/s1. The molecule has 0 bridgehead atoms. The van der Waals surface area contributed by atoms with Crippen molar-refractivity contribution in [1.82, 2.24) is 5.32 Å². The summed E-state index contributed by atoms with van der Waals surface area (Å²) in [4.78, 5) is 17.6. The third kappa shape index (κ3) is 6.45. The number of amides is 2. The Bertz CT molecular complexity index is 1070. The van der Waals surface area contributed by atoms with Crippen molar-refractivity contribution in [3.63, 3.8) is 0 Å². The van der Waals surface area contributed by atoms with E-state index in [1.54, 1.807) is 24.4 Å². The second kappa shape index (κ2) is 11.3. The lowest BCUT2D eigenvalue weighted by atomic mass is 9.93. The van der Waals surface area contributed by atoms with Gasteiger partial charge >= 0.3 is 6.03 Å². The molecule has 33 heavy (non-hydrogen) atoms. The van der Waals surface area contributed by atoms with Gasteiger partial charge in [0.1, 0.15) is 5.75 Å². The molecule has 172 valence electrons. The van der Waals surface area contributed by atoms with Crippen LogP contribution in [0.4, 0.5) is 10.5 Å². The highest BCUT2D eigenvalue weighted by Crippen LogP contribution is 2.32. The molecule has 0 fully saturated rings. The van der Waals surface area contributed by atoms with Crippen LogP contribution in [0, 0.1) is 0 Å². The number of phenols is 1. The summed E-state index contributed by atoms with van der Waals surface area (Å²) in [5.41, 5.74) is 4.74. The summed E-state index contributed by atoms with van der Waals surface area (Å²) in [6, 6.07) is 22.5. The summed E-state index contributed by atoms with van der Waals surface area (Å²) in [6.45, 7) is 8.83. The van der Waals surface area contributed by atoms with Gasteiger partial charge in [-0.1, -0.05) is 88.4 Å². The van der Waals surface area contributed by atoms with E-state index >= 15 is 0 Å². The highest BCUT2D eigenvalue weighted by molar-refractivity contribution is 5.91. The van der Waals surface area contributed by atoms with E-state index in [2.05, 4.69) is 55.5 Å². The number of carbonyl (C=O) groups is 1. The van der Waals surface area contributed by atoms with Crippen molar-refractivity contribution < 1.29 is 9.90 Å². The van der Waals surface area contributed by atoms with Gasteiger partial charge < -0.3 is 15.7 Å². The molecule has 0 aliphatic carbocycles. The number of carbonyl (C=O) groups excluding carboxylic acids is 1. The number of aliphatic imine (C=N–C) groups is 1. The maximum absolute atomic E-state index is 12.9. The van der Waals surface area contributed by atoms with Crippen molar-refractivity contribution in [2.75, 3.05) is 11.9 Å². The lowest BCUT2D eigenvalue weighted by Crippen LogP contribution is -2.33. The third-order valence-corrected chi connectivity index (χ3v) is 5.58. The summed E-state index contributed by atoms with van der Waals surface area (Å²) < 4.78 is 0. The summed E-state index contributed by atoms with van der Waals surface area (Å²) in [7, 11) is 0. The normalized spacial score (nSPS) is 12.3. The van der Waals surface area contributed by atoms with Crippen molar-refractivity contribution in [3.8, 4) is 5.75 Å². The largest absolute Gasteiger partial charge is 0.507 e. The zero-order valence-electron chi connectivity index (χ0n) is 19.7. The van der Waals surface area contributed by atoms with Gasteiger partial charge in [0.15, 0.2) is 0 Å². The van der Waals surface area contributed by atoms with Crippen molar-refractivity contribution in [1.29, 1.82) is 0 Å². The Hall–Kier alpha value is -3.60. The first-order chi connectivity index (χ1) is 15.9. The molecular weight excluding hydrogens is 410 g/mol. The Morgan fingerprint density at radius 3 is 2.09 bits per heavy atom. The zero-order chi connectivity index (χ0) is 23.8. The Kier molecular flexibility index (Phi) is 8.25. The lowest BCUT2D eigenvalue weighted by molar-refractivity contribution is 0.251. The van der Waals surface area contributed by atoms with Gasteiger partial charge in [0, 0.05) is 24.0 Å². The van der Waals surface area contributed by atoms with Crippen LogP contribution >= 0.6 is 0 Å². The van der Waals surface area contributed by atoms with E-state index in [0.717, 1.165) is 22.4 Å². The first-order valence-electron chi connectivity index (χ1n) is 11.4. The topological polar surface area (TPSA) is 73.7 Å². The molecule has 0 unspecified atom stereocenters. The molecule has 0 saturated carbocycles. The molecule has 0 heterocycles. The van der Waals surface area contributed by atoms with Gasteiger partial charge in [0.25, 0.3) is 0 Å². The smallest absolute Gasteiger partial charge is 0.319 e. The number of rotatable bonds is 8. The predicted octanol–water partition coefficient (Wildman–Crippen LogP) is 6.62. The molecule has 0 aliphatic heterocycles. The minimum atomic E-state index is -0.290. The second-order valence-corrected chi connectivity index (χ2v) is 8.72. The fraction of sp³-hybridized carbons (Fsp3) is 0.286. The number of phenolic OH excluding ortho intramolecular Hbond substituents is 1. The van der Waals surface area contributed by atoms with Crippen molar-refractivity contribution in [2.45, 2.75) is 45.6 Å². The highest BCUT2D eigenvalue weighted by Gasteiger charge is 2.17. The van der Waals surface area contributed by atoms with Crippen molar-refractivity contribution in [2.24, 2.45) is 4.99 Å². The summed E-state index contributed by atoms with van der Waals surface area (Å²) in [5.74, 6) is 0.753. The van der Waals surface area contributed by atoms with E-state index in [4.69, 9.17) is 0 Å². The van der Waals surface area contributed by atoms with Gasteiger partial charge in [-0.05, 0) is 40.7 Å². The molecule has 3 N–H and O–H groups in total. The Balaban J connectivity index is 1.78. The molecule has 5 nitrogen and oxygen atoms in total. The molecule has 2 amide bonds. The number of para-hydroxylation sites is 2. The fourth-order valence-electron chi connectivity index (χ4n) is 3.74. The SMILES string of the molecule is CC(C)c1cccc(C(C)C)c1NC(=O)NC[C@H](N=Cc1ccccc1O)c1ccccc1. The molecule has 0 spiro atoms. The van der Waals surface area contributed by atoms with Gasteiger partial charge in [-0.15, -0.1) is 0 Å². The van der Waals surface area contributed by atoms with Crippen LogP contribution in [0.25, 0.3) is 0 Å². The maximum atomic E-state index is 12.9. The molecule has 0 aromatic heterocycles. The van der Waals surface area contributed by atoms with Gasteiger partial charge in [-0.2, -0.15) is 0 Å². The lowest BCUT2D eigenvalue weighted by Gasteiger charge is -2.21. The van der Waals surface area contributed by atoms with E-state index in [-0.39, 0.29) is 17.8 Å². The predicted molar refractivity (Wildman–Crippen MR) is 137 cm³/mol. The molecule has 1 atom stereocenters. The van der Waals surface area contributed by atoms with E-state index in [1.807, 2.05) is 42.5 Å². The molecule has 3 rings (SSSR count). The molecule has 0 aliphatic rings. The van der Waals surface area contributed by atoms with Crippen LogP contribution in [-0.4, -0.2) is 23.9 Å². The van der Waals surface area contributed by atoms with E-state index in [0.29, 0.717) is 23.9 Å². The average molecular weight is 444 g/mol. The zero-order valence-corrected chi connectivity index (χ0v) is 19.7. The molecule has 0 saturated heterocycles. The van der Waals surface area contributed by atoms with Gasteiger partial charge in [-0.3, -0.25) is 4.99 Å². The maximum Gasteiger partial charge on any atom is 0.319 e. The van der Waals surface area contributed by atoms with Crippen LogP contribution in [0.3, 0.4) is 0 Å². The monoisotopic (exact) mass is 443 g/mol. The Morgan fingerprint density at radius 2 is 1.48 bits per heavy atom. The Labute approximate surface area is 196 Å². The van der Waals surface area contributed by atoms with E-state index < -0.39 is 0 Å². The van der Waals surface area contributed by atoms with Crippen LogP contribution < -0.4 is 10.6 Å². The van der Waals surface area contributed by atoms with Crippen LogP contribution in [0.5, 0.6) is 5.75 Å². The first kappa shape index (κ1) is 24.1. The fourth-order valence-corrected chi connectivity index (χ4v) is 3.74. The van der Waals surface area contributed by atoms with Crippen LogP contribution in [0.1, 0.15) is 67.8 Å².